The number of hydrogen-bond acceptors (Lipinski definition) is 2. The lowest BCUT2D eigenvalue weighted by Gasteiger charge is -2.10. The van der Waals surface area contributed by atoms with Gasteiger partial charge in [0.1, 0.15) is 5.82 Å². The summed E-state index contributed by atoms with van der Waals surface area (Å²) in [4.78, 5) is 21.3. The van der Waals surface area contributed by atoms with Crippen molar-refractivity contribution in [1.29, 1.82) is 0 Å². The van der Waals surface area contributed by atoms with Gasteiger partial charge in [-0.25, -0.2) is 4.39 Å². The van der Waals surface area contributed by atoms with Crippen molar-refractivity contribution in [2.45, 2.75) is 33.1 Å². The van der Waals surface area contributed by atoms with E-state index in [1.807, 2.05) is 0 Å². The molecule has 0 fully saturated rings. The van der Waals surface area contributed by atoms with E-state index in [1.165, 1.54) is 13.0 Å². The van der Waals surface area contributed by atoms with Crippen molar-refractivity contribution in [3.8, 4) is 0 Å². The van der Waals surface area contributed by atoms with E-state index in [0.717, 1.165) is 5.56 Å². The van der Waals surface area contributed by atoms with Crippen LogP contribution in [0.5, 0.6) is 0 Å². The van der Waals surface area contributed by atoms with E-state index in [2.05, 4.69) is 5.32 Å². The smallest absolute Gasteiger partial charge is 0.303 e. The third-order valence-electron chi connectivity index (χ3n) is 2.61. The summed E-state index contributed by atoms with van der Waals surface area (Å²) in [6.07, 6.45) is 0.965. The highest BCUT2D eigenvalue weighted by Crippen LogP contribution is 2.21. The molecule has 0 heterocycles. The molecule has 0 aliphatic rings. The molecule has 0 aliphatic carbocycles. The van der Waals surface area contributed by atoms with Crippen LogP contribution in [0.1, 0.15) is 30.9 Å². The van der Waals surface area contributed by atoms with Gasteiger partial charge in [0, 0.05) is 19.0 Å². The van der Waals surface area contributed by atoms with E-state index < -0.39 is 11.8 Å². The van der Waals surface area contributed by atoms with Gasteiger partial charge in [0.25, 0.3) is 0 Å². The van der Waals surface area contributed by atoms with E-state index in [1.54, 1.807) is 13.0 Å². The molecule has 18 heavy (non-hydrogen) atoms. The number of carbonyl (C=O) groups excluding carboxylic acids is 1. The molecule has 98 valence electrons. The zero-order valence-corrected chi connectivity index (χ0v) is 10.4. The maximum Gasteiger partial charge on any atom is 0.303 e. The molecule has 0 aliphatic heterocycles. The maximum absolute atomic E-state index is 13.6. The Kier molecular flexibility index (Phi) is 4.83. The van der Waals surface area contributed by atoms with Gasteiger partial charge in [0.15, 0.2) is 0 Å². The molecule has 5 heteroatoms. The van der Waals surface area contributed by atoms with E-state index in [0.29, 0.717) is 24.1 Å². The molecule has 2 N–H and O–H groups in total. The van der Waals surface area contributed by atoms with Crippen molar-refractivity contribution in [2.75, 3.05) is 5.32 Å². The predicted molar refractivity (Wildman–Crippen MR) is 66.0 cm³/mol. The van der Waals surface area contributed by atoms with E-state index in [4.69, 9.17) is 5.11 Å². The number of benzene rings is 1. The zero-order valence-electron chi connectivity index (χ0n) is 10.4. The second-order valence-corrected chi connectivity index (χ2v) is 4.17. The van der Waals surface area contributed by atoms with E-state index >= 15 is 0 Å². The summed E-state index contributed by atoms with van der Waals surface area (Å²) in [7, 11) is 0. The third-order valence-corrected chi connectivity index (χ3v) is 2.61. The van der Waals surface area contributed by atoms with Crippen LogP contribution in [0.2, 0.25) is 0 Å². The van der Waals surface area contributed by atoms with Crippen LogP contribution in [-0.2, 0) is 16.0 Å². The lowest BCUT2D eigenvalue weighted by atomic mass is 10.0. The van der Waals surface area contributed by atoms with Gasteiger partial charge in [-0.05, 0) is 43.0 Å². The van der Waals surface area contributed by atoms with Crippen molar-refractivity contribution in [2.24, 2.45) is 0 Å². The van der Waals surface area contributed by atoms with Crippen LogP contribution >= 0.6 is 0 Å². The molecule has 0 aromatic heterocycles. The first-order valence-corrected chi connectivity index (χ1v) is 5.68. The molecular formula is C13H16FNO3. The number of aryl methyl sites for hydroxylation is 1. The van der Waals surface area contributed by atoms with Crippen molar-refractivity contribution < 1.29 is 19.1 Å². The summed E-state index contributed by atoms with van der Waals surface area (Å²) in [6.45, 7) is 2.99. The molecular weight excluding hydrogens is 237 g/mol. The van der Waals surface area contributed by atoms with Crippen LogP contribution in [0.15, 0.2) is 12.1 Å². The number of carboxylic acids is 1. The molecule has 0 bridgehead atoms. The van der Waals surface area contributed by atoms with Crippen LogP contribution in [0.3, 0.4) is 0 Å². The standard InChI is InChI=1S/C13H16FNO3/c1-8-10(4-3-5-13(17)18)6-11(7-12(8)14)15-9(2)16/h6-7H,3-5H2,1-2H3,(H,15,16)(H,17,18). The Morgan fingerprint density at radius 3 is 2.61 bits per heavy atom. The first kappa shape index (κ1) is 14.2. The fourth-order valence-electron chi connectivity index (χ4n) is 1.70. The highest BCUT2D eigenvalue weighted by molar-refractivity contribution is 5.88. The van der Waals surface area contributed by atoms with Crippen LogP contribution < -0.4 is 5.32 Å². The Balaban J connectivity index is 2.84. The Morgan fingerprint density at radius 2 is 2.06 bits per heavy atom. The number of anilines is 1. The minimum atomic E-state index is -0.869. The van der Waals surface area contributed by atoms with Crippen molar-refractivity contribution >= 4 is 17.6 Å². The predicted octanol–water partition coefficient (Wildman–Crippen LogP) is 2.50. The topological polar surface area (TPSA) is 66.4 Å². The number of hydrogen-bond donors (Lipinski definition) is 2. The molecule has 0 spiro atoms. The van der Waals surface area contributed by atoms with Gasteiger partial charge in [-0.2, -0.15) is 0 Å². The van der Waals surface area contributed by atoms with Crippen LogP contribution in [-0.4, -0.2) is 17.0 Å². The second kappa shape index (κ2) is 6.14. The van der Waals surface area contributed by atoms with Gasteiger partial charge in [0.2, 0.25) is 5.91 Å². The van der Waals surface area contributed by atoms with Crippen molar-refractivity contribution in [3.05, 3.63) is 29.1 Å². The first-order chi connectivity index (χ1) is 8.40. The number of carbonyl (C=O) groups is 2. The number of amides is 1. The summed E-state index contributed by atoms with van der Waals surface area (Å²) in [5, 5.41) is 11.1. The van der Waals surface area contributed by atoms with Gasteiger partial charge in [0.05, 0.1) is 0 Å². The Hall–Kier alpha value is -1.91. The summed E-state index contributed by atoms with van der Waals surface area (Å²) in [6, 6.07) is 2.94. The largest absolute Gasteiger partial charge is 0.481 e. The number of nitrogens with one attached hydrogen (secondary N) is 1. The zero-order chi connectivity index (χ0) is 13.7. The molecule has 0 saturated heterocycles. The first-order valence-electron chi connectivity index (χ1n) is 5.68. The summed E-state index contributed by atoms with van der Waals surface area (Å²) >= 11 is 0. The van der Waals surface area contributed by atoms with Crippen LogP contribution in [0.4, 0.5) is 10.1 Å². The average Bonchev–Trinajstić information content (AvgIpc) is 2.23. The lowest BCUT2D eigenvalue weighted by Crippen LogP contribution is -2.07. The van der Waals surface area contributed by atoms with Gasteiger partial charge in [-0.15, -0.1) is 0 Å². The molecule has 0 unspecified atom stereocenters. The lowest BCUT2D eigenvalue weighted by molar-refractivity contribution is -0.137. The normalized spacial score (nSPS) is 10.2. The summed E-state index contributed by atoms with van der Waals surface area (Å²) in [5.74, 6) is -1.53. The minimum absolute atomic E-state index is 0.0470. The quantitative estimate of drug-likeness (QED) is 0.847. The number of rotatable bonds is 5. The van der Waals surface area contributed by atoms with Crippen molar-refractivity contribution in [1.82, 2.24) is 0 Å². The molecule has 1 rings (SSSR count). The molecule has 0 radical (unpaired) electrons. The van der Waals surface area contributed by atoms with E-state index in [9.17, 15) is 14.0 Å². The van der Waals surface area contributed by atoms with Gasteiger partial charge in [-0.1, -0.05) is 0 Å². The Labute approximate surface area is 105 Å². The maximum atomic E-state index is 13.6. The summed E-state index contributed by atoms with van der Waals surface area (Å²) < 4.78 is 13.6. The second-order valence-electron chi connectivity index (χ2n) is 4.17. The average molecular weight is 253 g/mol. The van der Waals surface area contributed by atoms with E-state index in [-0.39, 0.29) is 12.3 Å². The molecule has 1 aromatic carbocycles. The molecule has 0 saturated carbocycles. The monoisotopic (exact) mass is 253 g/mol. The SMILES string of the molecule is CC(=O)Nc1cc(F)c(C)c(CCCC(=O)O)c1. The minimum Gasteiger partial charge on any atom is -0.481 e. The number of carboxylic acid groups (broad SMARTS) is 1. The Morgan fingerprint density at radius 1 is 1.39 bits per heavy atom. The van der Waals surface area contributed by atoms with Crippen molar-refractivity contribution in [3.63, 3.8) is 0 Å². The van der Waals surface area contributed by atoms with Crippen LogP contribution in [0.25, 0.3) is 0 Å². The van der Waals surface area contributed by atoms with Crippen LogP contribution in [0, 0.1) is 12.7 Å². The van der Waals surface area contributed by atoms with Gasteiger partial charge >= 0.3 is 5.97 Å². The fourth-order valence-corrected chi connectivity index (χ4v) is 1.70. The van der Waals surface area contributed by atoms with Gasteiger partial charge < -0.3 is 10.4 Å². The molecule has 1 amide bonds. The van der Waals surface area contributed by atoms with Gasteiger partial charge in [-0.3, -0.25) is 9.59 Å². The summed E-state index contributed by atoms with van der Waals surface area (Å²) in [5.41, 5.74) is 1.62. The number of aliphatic carboxylic acids is 1. The molecule has 0 atom stereocenters. The fraction of sp³-hybridized carbons (Fsp3) is 0.385. The third kappa shape index (κ3) is 4.16. The molecule has 4 nitrogen and oxygen atoms in total. The highest BCUT2D eigenvalue weighted by atomic mass is 19.1. The molecule has 1 aromatic rings. The highest BCUT2D eigenvalue weighted by Gasteiger charge is 2.08. The Bertz CT molecular complexity index is 472. The number of halogens is 1.